The second kappa shape index (κ2) is 5.17. The maximum Gasteiger partial charge on any atom is 0.0872 e. The largest absolute Gasteiger partial charge is 0.309 e. The lowest BCUT2D eigenvalue weighted by molar-refractivity contribution is 0.607. The summed E-state index contributed by atoms with van der Waals surface area (Å²) in [5.41, 5.74) is 5.12. The molecule has 0 aliphatic carbocycles. The van der Waals surface area contributed by atoms with E-state index in [9.17, 15) is 0 Å². The highest BCUT2D eigenvalue weighted by atomic mass is 15.3. The zero-order chi connectivity index (χ0) is 13.2. The highest BCUT2D eigenvalue weighted by Gasteiger charge is 2.22. The van der Waals surface area contributed by atoms with Gasteiger partial charge in [-0.2, -0.15) is 5.10 Å². The van der Waals surface area contributed by atoms with Gasteiger partial charge >= 0.3 is 0 Å². The van der Waals surface area contributed by atoms with Gasteiger partial charge in [-0.1, -0.05) is 31.2 Å². The van der Waals surface area contributed by atoms with Gasteiger partial charge in [0.15, 0.2) is 0 Å². The van der Waals surface area contributed by atoms with Gasteiger partial charge in [0.2, 0.25) is 0 Å². The van der Waals surface area contributed by atoms with Crippen LogP contribution in [-0.4, -0.2) is 16.3 Å². The number of hydrogen-bond donors (Lipinski definition) is 1. The number of aryl methyl sites for hydroxylation is 2. The lowest BCUT2D eigenvalue weighted by Gasteiger charge is -2.10. The van der Waals surface area contributed by atoms with Crippen molar-refractivity contribution in [3.63, 3.8) is 0 Å². The molecule has 1 saturated heterocycles. The Morgan fingerprint density at radius 2 is 2.11 bits per heavy atom. The fourth-order valence-electron chi connectivity index (χ4n) is 2.82. The van der Waals surface area contributed by atoms with Gasteiger partial charge in [-0.25, -0.2) is 0 Å². The van der Waals surface area contributed by atoms with Gasteiger partial charge in [0.25, 0.3) is 0 Å². The molecular formula is C16H21N3. The molecular weight excluding hydrogens is 234 g/mol. The monoisotopic (exact) mass is 255 g/mol. The normalized spacial score (nSPS) is 18.9. The maximum atomic E-state index is 4.67. The van der Waals surface area contributed by atoms with Crippen LogP contribution in [0.5, 0.6) is 0 Å². The van der Waals surface area contributed by atoms with E-state index in [-0.39, 0.29) is 0 Å². The van der Waals surface area contributed by atoms with Crippen molar-refractivity contribution in [1.29, 1.82) is 0 Å². The van der Waals surface area contributed by atoms with E-state index in [1.807, 2.05) is 11.7 Å². The first-order chi connectivity index (χ1) is 9.28. The summed E-state index contributed by atoms with van der Waals surface area (Å²) in [6.45, 7) is 3.29. The molecule has 2 aromatic rings. The van der Waals surface area contributed by atoms with Crippen LogP contribution in [0.4, 0.5) is 0 Å². The van der Waals surface area contributed by atoms with Crippen molar-refractivity contribution in [3.05, 3.63) is 41.7 Å². The molecule has 100 valence electrons. The fraction of sp³-hybridized carbons (Fsp3) is 0.438. The van der Waals surface area contributed by atoms with E-state index >= 15 is 0 Å². The van der Waals surface area contributed by atoms with Gasteiger partial charge < -0.3 is 5.32 Å². The Morgan fingerprint density at radius 1 is 1.32 bits per heavy atom. The van der Waals surface area contributed by atoms with Crippen molar-refractivity contribution in [3.8, 4) is 11.1 Å². The number of nitrogens with one attached hydrogen (secondary N) is 1. The van der Waals surface area contributed by atoms with Gasteiger partial charge in [-0.15, -0.1) is 0 Å². The molecule has 1 N–H and O–H groups in total. The summed E-state index contributed by atoms with van der Waals surface area (Å²) in [4.78, 5) is 0. The Bertz CT molecular complexity index is 548. The minimum absolute atomic E-state index is 0.419. The van der Waals surface area contributed by atoms with Crippen molar-refractivity contribution in [2.75, 3.05) is 6.54 Å². The van der Waals surface area contributed by atoms with Crippen LogP contribution in [0.1, 0.15) is 37.1 Å². The van der Waals surface area contributed by atoms with Crippen LogP contribution in [0.2, 0.25) is 0 Å². The predicted molar refractivity (Wildman–Crippen MR) is 78.0 cm³/mol. The Labute approximate surface area is 114 Å². The molecule has 0 radical (unpaired) electrons. The molecule has 19 heavy (non-hydrogen) atoms. The van der Waals surface area contributed by atoms with Gasteiger partial charge in [0.1, 0.15) is 0 Å². The average molecular weight is 255 g/mol. The summed E-state index contributed by atoms with van der Waals surface area (Å²) in [7, 11) is 2.00. The summed E-state index contributed by atoms with van der Waals surface area (Å²) in [6, 6.07) is 9.28. The fourth-order valence-corrected chi connectivity index (χ4v) is 2.82. The number of hydrogen-bond acceptors (Lipinski definition) is 2. The molecule has 0 bridgehead atoms. The Morgan fingerprint density at radius 3 is 2.74 bits per heavy atom. The summed E-state index contributed by atoms with van der Waals surface area (Å²) in [6.07, 6.45) is 5.66. The minimum Gasteiger partial charge on any atom is -0.309 e. The summed E-state index contributed by atoms with van der Waals surface area (Å²) in [5.74, 6) is 0. The van der Waals surface area contributed by atoms with Crippen LogP contribution in [0.3, 0.4) is 0 Å². The van der Waals surface area contributed by atoms with Crippen LogP contribution in [0.15, 0.2) is 30.5 Å². The van der Waals surface area contributed by atoms with E-state index in [1.54, 1.807) is 0 Å². The lowest BCUT2D eigenvalue weighted by Crippen LogP contribution is -2.14. The van der Waals surface area contributed by atoms with E-state index in [1.165, 1.54) is 35.2 Å². The first-order valence-corrected chi connectivity index (χ1v) is 7.14. The SMILES string of the molecule is CCc1ccc(-c2cn(C)nc2C2CCCN2)cc1. The summed E-state index contributed by atoms with van der Waals surface area (Å²) >= 11 is 0. The molecule has 0 amide bonds. The molecule has 1 aromatic carbocycles. The van der Waals surface area contributed by atoms with Crippen molar-refractivity contribution in [1.82, 2.24) is 15.1 Å². The minimum atomic E-state index is 0.419. The van der Waals surface area contributed by atoms with E-state index in [2.05, 4.69) is 47.8 Å². The molecule has 0 spiro atoms. The van der Waals surface area contributed by atoms with Crippen LogP contribution < -0.4 is 5.32 Å². The van der Waals surface area contributed by atoms with E-state index in [4.69, 9.17) is 0 Å². The maximum absolute atomic E-state index is 4.67. The second-order valence-electron chi connectivity index (χ2n) is 5.30. The molecule has 1 aliphatic heterocycles. The average Bonchev–Trinajstić information content (AvgIpc) is 3.07. The third-order valence-electron chi connectivity index (χ3n) is 3.92. The highest BCUT2D eigenvalue weighted by molar-refractivity contribution is 5.66. The zero-order valence-electron chi connectivity index (χ0n) is 11.7. The first kappa shape index (κ1) is 12.4. The molecule has 1 aromatic heterocycles. The molecule has 3 heteroatoms. The molecule has 3 rings (SSSR count). The summed E-state index contributed by atoms with van der Waals surface area (Å²) < 4.78 is 1.93. The molecule has 1 aliphatic rings. The van der Waals surface area contributed by atoms with E-state index in [0.29, 0.717) is 6.04 Å². The third-order valence-corrected chi connectivity index (χ3v) is 3.92. The molecule has 1 unspecified atom stereocenters. The lowest BCUT2D eigenvalue weighted by atomic mass is 10.00. The van der Waals surface area contributed by atoms with Crippen molar-refractivity contribution in [2.24, 2.45) is 7.05 Å². The predicted octanol–water partition coefficient (Wildman–Crippen LogP) is 3.07. The molecule has 3 nitrogen and oxygen atoms in total. The molecule has 1 atom stereocenters. The van der Waals surface area contributed by atoms with Gasteiger partial charge in [0, 0.05) is 18.8 Å². The number of nitrogens with zero attached hydrogens (tertiary/aromatic N) is 2. The molecule has 0 saturated carbocycles. The van der Waals surface area contributed by atoms with Crippen molar-refractivity contribution < 1.29 is 0 Å². The second-order valence-corrected chi connectivity index (χ2v) is 5.30. The van der Waals surface area contributed by atoms with Gasteiger partial charge in [-0.3, -0.25) is 4.68 Å². The highest BCUT2D eigenvalue weighted by Crippen LogP contribution is 2.31. The first-order valence-electron chi connectivity index (χ1n) is 7.14. The van der Waals surface area contributed by atoms with Crippen molar-refractivity contribution in [2.45, 2.75) is 32.2 Å². The topological polar surface area (TPSA) is 29.9 Å². The van der Waals surface area contributed by atoms with Gasteiger partial charge in [0.05, 0.1) is 11.7 Å². The number of benzene rings is 1. The van der Waals surface area contributed by atoms with Crippen molar-refractivity contribution >= 4 is 0 Å². The van der Waals surface area contributed by atoms with Gasteiger partial charge in [-0.05, 0) is 36.9 Å². The quantitative estimate of drug-likeness (QED) is 0.913. The van der Waals surface area contributed by atoms with Crippen LogP contribution in [0.25, 0.3) is 11.1 Å². The van der Waals surface area contributed by atoms with E-state index < -0.39 is 0 Å². The molecule has 1 fully saturated rings. The van der Waals surface area contributed by atoms with Crippen LogP contribution in [-0.2, 0) is 13.5 Å². The number of rotatable bonds is 3. The Balaban J connectivity index is 1.98. The summed E-state index contributed by atoms with van der Waals surface area (Å²) in [5, 5.41) is 8.21. The zero-order valence-corrected chi connectivity index (χ0v) is 11.7. The van der Waals surface area contributed by atoms with Crippen LogP contribution >= 0.6 is 0 Å². The smallest absolute Gasteiger partial charge is 0.0872 e. The molecule has 2 heterocycles. The Hall–Kier alpha value is -1.61. The van der Waals surface area contributed by atoms with E-state index in [0.717, 1.165) is 13.0 Å². The third kappa shape index (κ3) is 2.43. The Kier molecular flexibility index (Phi) is 3.38. The number of aromatic nitrogens is 2. The standard InChI is InChI=1S/C16H21N3/c1-3-12-6-8-13(9-7-12)14-11-19(2)18-16(14)15-5-4-10-17-15/h6-9,11,15,17H,3-5,10H2,1-2H3. The van der Waals surface area contributed by atoms with Crippen LogP contribution in [0, 0.1) is 0 Å².